The number of nitrogens with zero attached hydrogens (tertiary/aromatic N) is 2. The van der Waals surface area contributed by atoms with Crippen LogP contribution in [0, 0.1) is 0 Å². The van der Waals surface area contributed by atoms with E-state index < -0.39 is 6.03 Å². The minimum atomic E-state index is -0.429. The maximum atomic E-state index is 11.8. The quantitative estimate of drug-likeness (QED) is 0.609. The molecule has 126 valence electrons. The summed E-state index contributed by atoms with van der Waals surface area (Å²) >= 11 is 0. The van der Waals surface area contributed by atoms with Crippen molar-refractivity contribution in [2.75, 3.05) is 6.54 Å². The lowest BCUT2D eigenvalue weighted by Gasteiger charge is -2.22. The molecule has 1 unspecified atom stereocenters. The Morgan fingerprint density at radius 2 is 1.82 bits per heavy atom. The summed E-state index contributed by atoms with van der Waals surface area (Å²) in [4.78, 5) is 23.4. The third kappa shape index (κ3) is 7.43. The van der Waals surface area contributed by atoms with Crippen molar-refractivity contribution in [3.8, 4) is 0 Å². The average Bonchev–Trinajstić information content (AvgIpc) is 2.93. The third-order valence-corrected chi connectivity index (χ3v) is 3.80. The van der Waals surface area contributed by atoms with Gasteiger partial charge in [-0.1, -0.05) is 45.4 Å². The fraction of sp³-hybridized carbons (Fsp3) is 0.812. The molecule has 0 radical (unpaired) electrons. The highest BCUT2D eigenvalue weighted by atomic mass is 16.2. The number of rotatable bonds is 10. The number of nitrogens with one attached hydrogen (secondary N) is 2. The highest BCUT2D eigenvalue weighted by molar-refractivity contribution is 5.94. The maximum absolute atomic E-state index is 11.8. The van der Waals surface area contributed by atoms with E-state index in [0.717, 1.165) is 19.4 Å². The number of hydrazone groups is 1. The first kappa shape index (κ1) is 18.5. The molecule has 1 rings (SSSR count). The van der Waals surface area contributed by atoms with Gasteiger partial charge in [-0.3, -0.25) is 15.1 Å². The lowest BCUT2D eigenvalue weighted by Crippen LogP contribution is -2.49. The van der Waals surface area contributed by atoms with Crippen molar-refractivity contribution < 1.29 is 9.59 Å². The Labute approximate surface area is 133 Å². The second-order valence-corrected chi connectivity index (χ2v) is 5.70. The van der Waals surface area contributed by atoms with Gasteiger partial charge in [-0.25, -0.2) is 4.79 Å². The van der Waals surface area contributed by atoms with Crippen molar-refractivity contribution >= 4 is 18.2 Å². The van der Waals surface area contributed by atoms with Crippen LogP contribution in [0.3, 0.4) is 0 Å². The summed E-state index contributed by atoms with van der Waals surface area (Å²) in [6.07, 6.45) is 10.9. The van der Waals surface area contributed by atoms with Crippen LogP contribution in [0.15, 0.2) is 5.10 Å². The molecule has 6 heteroatoms. The van der Waals surface area contributed by atoms with Gasteiger partial charge in [0.1, 0.15) is 6.17 Å². The lowest BCUT2D eigenvalue weighted by atomic mass is 10.1. The van der Waals surface area contributed by atoms with E-state index in [0.29, 0.717) is 12.8 Å². The SMILES string of the molecule is CCCCCCCCCC(=O)NC(=O)NC1CC=NN1CC. The van der Waals surface area contributed by atoms with Gasteiger partial charge in [-0.2, -0.15) is 5.10 Å². The number of unbranched alkanes of at least 4 members (excludes halogenated alkanes) is 6. The van der Waals surface area contributed by atoms with Gasteiger partial charge in [-0.15, -0.1) is 0 Å². The normalized spacial score (nSPS) is 16.8. The Bertz CT molecular complexity index is 371. The van der Waals surface area contributed by atoms with Crippen LogP contribution in [-0.4, -0.2) is 35.9 Å². The van der Waals surface area contributed by atoms with E-state index in [1.165, 1.54) is 32.1 Å². The van der Waals surface area contributed by atoms with Crippen molar-refractivity contribution in [3.63, 3.8) is 0 Å². The Balaban J connectivity index is 2.05. The molecular formula is C16H30N4O2. The van der Waals surface area contributed by atoms with E-state index in [9.17, 15) is 9.59 Å². The molecule has 0 spiro atoms. The van der Waals surface area contributed by atoms with Crippen molar-refractivity contribution in [2.24, 2.45) is 5.10 Å². The smallest absolute Gasteiger partial charge is 0.316 e. The standard InChI is InChI=1S/C16H30N4O2/c1-3-5-6-7-8-9-10-11-15(21)19-16(22)18-14-12-13-17-20(14)4-2/h13-14H,3-12H2,1-2H3,(H2,18,19,21,22). The fourth-order valence-corrected chi connectivity index (χ4v) is 2.51. The summed E-state index contributed by atoms with van der Waals surface area (Å²) in [6, 6.07) is -0.429. The predicted octanol–water partition coefficient (Wildman–Crippen LogP) is 2.99. The van der Waals surface area contributed by atoms with E-state index in [1.54, 1.807) is 11.2 Å². The zero-order chi connectivity index (χ0) is 16.2. The molecule has 1 atom stereocenters. The number of hydrogen-bond acceptors (Lipinski definition) is 4. The van der Waals surface area contributed by atoms with E-state index in [4.69, 9.17) is 0 Å². The molecular weight excluding hydrogens is 280 g/mol. The number of urea groups is 1. The molecule has 0 aromatic heterocycles. The Kier molecular flexibility index (Phi) is 9.26. The number of amides is 3. The first-order valence-corrected chi connectivity index (χ1v) is 8.56. The zero-order valence-corrected chi connectivity index (χ0v) is 13.9. The van der Waals surface area contributed by atoms with Crippen LogP contribution in [0.4, 0.5) is 4.79 Å². The van der Waals surface area contributed by atoms with Gasteiger partial charge in [0.15, 0.2) is 0 Å². The molecule has 2 N–H and O–H groups in total. The van der Waals surface area contributed by atoms with Gasteiger partial charge in [0, 0.05) is 25.6 Å². The van der Waals surface area contributed by atoms with Crippen LogP contribution in [0.25, 0.3) is 0 Å². The molecule has 1 aliphatic heterocycles. The second-order valence-electron chi connectivity index (χ2n) is 5.70. The first-order chi connectivity index (χ1) is 10.7. The van der Waals surface area contributed by atoms with Crippen LogP contribution in [0.2, 0.25) is 0 Å². The molecule has 0 fully saturated rings. The van der Waals surface area contributed by atoms with Crippen LogP contribution in [-0.2, 0) is 4.79 Å². The van der Waals surface area contributed by atoms with Crippen molar-refractivity contribution in [2.45, 2.75) is 77.8 Å². The Morgan fingerprint density at radius 1 is 1.14 bits per heavy atom. The maximum Gasteiger partial charge on any atom is 0.323 e. The summed E-state index contributed by atoms with van der Waals surface area (Å²) in [5.41, 5.74) is 0. The van der Waals surface area contributed by atoms with Crippen LogP contribution in [0.1, 0.15) is 71.6 Å². The largest absolute Gasteiger partial charge is 0.323 e. The molecule has 0 aromatic rings. The minimum absolute atomic E-state index is 0.142. The van der Waals surface area contributed by atoms with Crippen molar-refractivity contribution in [1.82, 2.24) is 15.6 Å². The summed E-state index contributed by atoms with van der Waals surface area (Å²) in [7, 11) is 0. The van der Waals surface area contributed by atoms with Gasteiger partial charge in [-0.05, 0) is 13.3 Å². The van der Waals surface area contributed by atoms with Gasteiger partial charge in [0.2, 0.25) is 5.91 Å². The number of carbonyl (C=O) groups excluding carboxylic acids is 2. The zero-order valence-electron chi connectivity index (χ0n) is 13.9. The van der Waals surface area contributed by atoms with Gasteiger partial charge >= 0.3 is 6.03 Å². The van der Waals surface area contributed by atoms with Gasteiger partial charge in [0.05, 0.1) is 0 Å². The molecule has 0 aliphatic carbocycles. The Hall–Kier alpha value is -1.59. The fourth-order valence-electron chi connectivity index (χ4n) is 2.51. The van der Waals surface area contributed by atoms with E-state index in [2.05, 4.69) is 22.7 Å². The average molecular weight is 310 g/mol. The molecule has 6 nitrogen and oxygen atoms in total. The highest BCUT2D eigenvalue weighted by Crippen LogP contribution is 2.09. The van der Waals surface area contributed by atoms with Crippen molar-refractivity contribution in [3.05, 3.63) is 0 Å². The number of hydrogen-bond donors (Lipinski definition) is 2. The van der Waals surface area contributed by atoms with E-state index in [1.807, 2.05) is 6.92 Å². The highest BCUT2D eigenvalue weighted by Gasteiger charge is 2.21. The molecule has 1 heterocycles. The number of imide groups is 1. The molecule has 3 amide bonds. The van der Waals surface area contributed by atoms with Gasteiger partial charge in [0.25, 0.3) is 0 Å². The van der Waals surface area contributed by atoms with Crippen LogP contribution >= 0.6 is 0 Å². The molecule has 0 bridgehead atoms. The summed E-state index contributed by atoms with van der Waals surface area (Å²) in [5.74, 6) is -0.201. The first-order valence-electron chi connectivity index (χ1n) is 8.56. The minimum Gasteiger partial charge on any atom is -0.316 e. The second kappa shape index (κ2) is 11.0. The molecule has 22 heavy (non-hydrogen) atoms. The third-order valence-electron chi connectivity index (χ3n) is 3.80. The summed E-state index contributed by atoms with van der Waals surface area (Å²) in [5, 5.41) is 11.1. The summed E-state index contributed by atoms with van der Waals surface area (Å²) < 4.78 is 0. The van der Waals surface area contributed by atoms with Gasteiger partial charge < -0.3 is 5.32 Å². The monoisotopic (exact) mass is 310 g/mol. The van der Waals surface area contributed by atoms with Crippen molar-refractivity contribution in [1.29, 1.82) is 0 Å². The van der Waals surface area contributed by atoms with Crippen LogP contribution in [0.5, 0.6) is 0 Å². The predicted molar refractivity (Wildman–Crippen MR) is 88.6 cm³/mol. The van der Waals surface area contributed by atoms with E-state index >= 15 is 0 Å². The lowest BCUT2D eigenvalue weighted by molar-refractivity contribution is -0.120. The summed E-state index contributed by atoms with van der Waals surface area (Å²) in [6.45, 7) is 4.90. The van der Waals surface area contributed by atoms with E-state index in [-0.39, 0.29) is 12.1 Å². The molecule has 0 saturated carbocycles. The molecule has 0 saturated heterocycles. The number of carbonyl (C=O) groups is 2. The molecule has 0 aromatic carbocycles. The topological polar surface area (TPSA) is 73.8 Å². The van der Waals surface area contributed by atoms with Crippen LogP contribution < -0.4 is 10.6 Å². The molecule has 1 aliphatic rings. The Morgan fingerprint density at radius 3 is 2.50 bits per heavy atom.